The number of terminal acetylenes is 1. The van der Waals surface area contributed by atoms with Gasteiger partial charge in [-0.2, -0.15) is 0 Å². The molecule has 0 saturated carbocycles. The molecule has 16 heavy (non-hydrogen) atoms. The molecular formula is C13H22N2O. The molecule has 1 aliphatic rings. The molecule has 0 aliphatic carbocycles. The van der Waals surface area contributed by atoms with E-state index in [1.54, 1.807) is 0 Å². The molecule has 1 rings (SSSR count). The molecule has 0 spiro atoms. The number of carbonyl (C=O) groups excluding carboxylic acids is 1. The summed E-state index contributed by atoms with van der Waals surface area (Å²) in [6, 6.07) is 0.486. The number of likely N-dealkylation sites (tertiary alicyclic amines) is 1. The van der Waals surface area contributed by atoms with Gasteiger partial charge in [0.25, 0.3) is 0 Å². The van der Waals surface area contributed by atoms with Gasteiger partial charge >= 0.3 is 0 Å². The van der Waals surface area contributed by atoms with E-state index in [9.17, 15) is 4.79 Å². The number of carbonyl (C=O) groups is 1. The lowest BCUT2D eigenvalue weighted by Gasteiger charge is -2.37. The average Bonchev–Trinajstić information content (AvgIpc) is 2.21. The second-order valence-corrected chi connectivity index (χ2v) is 4.81. The molecule has 1 heterocycles. The second-order valence-electron chi connectivity index (χ2n) is 4.81. The van der Waals surface area contributed by atoms with Crippen molar-refractivity contribution in [2.45, 2.75) is 58.2 Å². The molecule has 0 aromatic rings. The second kappa shape index (κ2) is 5.91. The van der Waals surface area contributed by atoms with E-state index in [2.05, 4.69) is 25.1 Å². The van der Waals surface area contributed by atoms with Gasteiger partial charge in [0, 0.05) is 25.0 Å². The quantitative estimate of drug-likeness (QED) is 0.729. The van der Waals surface area contributed by atoms with E-state index in [1.165, 1.54) is 0 Å². The van der Waals surface area contributed by atoms with Crippen LogP contribution in [-0.2, 0) is 4.79 Å². The number of rotatable bonds is 4. The number of piperidine rings is 1. The molecule has 2 atom stereocenters. The van der Waals surface area contributed by atoms with Crippen LogP contribution in [0.1, 0.15) is 40.0 Å². The molecule has 1 amide bonds. The van der Waals surface area contributed by atoms with E-state index in [0.29, 0.717) is 12.5 Å². The molecule has 0 radical (unpaired) electrons. The van der Waals surface area contributed by atoms with Crippen molar-refractivity contribution in [3.8, 4) is 12.3 Å². The first kappa shape index (κ1) is 13.1. The third-order valence-electron chi connectivity index (χ3n) is 2.95. The molecule has 1 N–H and O–H groups in total. The zero-order valence-electron chi connectivity index (χ0n) is 10.5. The van der Waals surface area contributed by atoms with Crippen LogP contribution in [0.4, 0.5) is 0 Å². The third kappa shape index (κ3) is 3.24. The minimum Gasteiger partial charge on any atom is -0.338 e. The summed E-state index contributed by atoms with van der Waals surface area (Å²) in [4.78, 5) is 14.1. The fourth-order valence-electron chi connectivity index (χ4n) is 2.17. The smallest absolute Gasteiger partial charge is 0.239 e. The molecule has 0 aromatic heterocycles. The van der Waals surface area contributed by atoms with Gasteiger partial charge < -0.3 is 10.2 Å². The van der Waals surface area contributed by atoms with Gasteiger partial charge in [0.05, 0.1) is 6.04 Å². The van der Waals surface area contributed by atoms with E-state index >= 15 is 0 Å². The highest BCUT2D eigenvalue weighted by Crippen LogP contribution is 2.16. The van der Waals surface area contributed by atoms with Gasteiger partial charge in [-0.25, -0.2) is 0 Å². The van der Waals surface area contributed by atoms with Crippen LogP contribution in [-0.4, -0.2) is 35.5 Å². The Kier molecular flexibility index (Phi) is 4.82. The van der Waals surface area contributed by atoms with Crippen molar-refractivity contribution in [3.63, 3.8) is 0 Å². The van der Waals surface area contributed by atoms with Crippen LogP contribution in [0.25, 0.3) is 0 Å². The molecule has 1 aliphatic heterocycles. The van der Waals surface area contributed by atoms with Crippen molar-refractivity contribution < 1.29 is 4.79 Å². The molecule has 0 bridgehead atoms. The number of amides is 1. The Bertz CT molecular complexity index is 280. The Balaban J connectivity index is 2.60. The molecule has 1 fully saturated rings. The van der Waals surface area contributed by atoms with Crippen LogP contribution in [0, 0.1) is 12.3 Å². The van der Waals surface area contributed by atoms with Gasteiger partial charge in [0.1, 0.15) is 0 Å². The normalized spacial score (nSPS) is 23.3. The minimum atomic E-state index is -0.0195. The molecule has 1 saturated heterocycles. The third-order valence-corrected chi connectivity index (χ3v) is 2.95. The van der Waals surface area contributed by atoms with Crippen molar-refractivity contribution >= 4 is 5.91 Å². The first-order chi connectivity index (χ1) is 7.56. The van der Waals surface area contributed by atoms with Crippen molar-refractivity contribution in [2.24, 2.45) is 0 Å². The largest absolute Gasteiger partial charge is 0.338 e. The van der Waals surface area contributed by atoms with Gasteiger partial charge in [-0.05, 0) is 19.8 Å². The number of nitrogens with one attached hydrogen (secondary N) is 1. The molecule has 2 unspecified atom stereocenters. The standard InChI is InChI=1S/C13H22N2O/c1-5-7-11(4)15-9-6-8-12(13(15)16)14-10(2)3/h1,10-12,14H,6-9H2,2-4H3. The van der Waals surface area contributed by atoms with Gasteiger partial charge in [-0.1, -0.05) is 13.8 Å². The van der Waals surface area contributed by atoms with E-state index < -0.39 is 0 Å². The average molecular weight is 222 g/mol. The Labute approximate surface area is 98.6 Å². The van der Waals surface area contributed by atoms with Crippen LogP contribution in [0.15, 0.2) is 0 Å². The van der Waals surface area contributed by atoms with E-state index in [4.69, 9.17) is 6.42 Å². The SMILES string of the molecule is C#CCC(C)N1CCCC(NC(C)C)C1=O. The highest BCUT2D eigenvalue weighted by molar-refractivity contribution is 5.83. The molecular weight excluding hydrogens is 200 g/mol. The fraction of sp³-hybridized carbons (Fsp3) is 0.769. The summed E-state index contributed by atoms with van der Waals surface area (Å²) in [5.41, 5.74) is 0. The van der Waals surface area contributed by atoms with Crippen molar-refractivity contribution in [1.29, 1.82) is 0 Å². The highest BCUT2D eigenvalue weighted by atomic mass is 16.2. The zero-order chi connectivity index (χ0) is 12.1. The van der Waals surface area contributed by atoms with E-state index in [-0.39, 0.29) is 18.0 Å². The monoisotopic (exact) mass is 222 g/mol. The van der Waals surface area contributed by atoms with Gasteiger partial charge in [-0.15, -0.1) is 12.3 Å². The summed E-state index contributed by atoms with van der Waals surface area (Å²) >= 11 is 0. The Morgan fingerprint density at radius 1 is 1.56 bits per heavy atom. The van der Waals surface area contributed by atoms with Gasteiger partial charge in [-0.3, -0.25) is 4.79 Å². The summed E-state index contributed by atoms with van der Waals surface area (Å²) in [6.45, 7) is 7.00. The van der Waals surface area contributed by atoms with Crippen LogP contribution in [0.5, 0.6) is 0 Å². The Morgan fingerprint density at radius 2 is 2.25 bits per heavy atom. The maximum atomic E-state index is 12.2. The number of nitrogens with zero attached hydrogens (tertiary/aromatic N) is 1. The summed E-state index contributed by atoms with van der Waals surface area (Å²) in [5.74, 6) is 2.84. The molecule has 0 aromatic carbocycles. The molecule has 3 heteroatoms. The van der Waals surface area contributed by atoms with E-state index in [0.717, 1.165) is 19.4 Å². The van der Waals surface area contributed by atoms with Gasteiger partial charge in [0.2, 0.25) is 5.91 Å². The predicted molar refractivity (Wildman–Crippen MR) is 65.9 cm³/mol. The lowest BCUT2D eigenvalue weighted by molar-refractivity contribution is -0.138. The Morgan fingerprint density at radius 3 is 2.81 bits per heavy atom. The zero-order valence-corrected chi connectivity index (χ0v) is 10.5. The lowest BCUT2D eigenvalue weighted by Crippen LogP contribution is -2.54. The molecule has 3 nitrogen and oxygen atoms in total. The summed E-state index contributed by atoms with van der Waals surface area (Å²) in [5, 5.41) is 3.32. The minimum absolute atomic E-state index is 0.0195. The van der Waals surface area contributed by atoms with Crippen LogP contribution in [0.2, 0.25) is 0 Å². The predicted octanol–water partition coefficient (Wildman–Crippen LogP) is 1.39. The highest BCUT2D eigenvalue weighted by Gasteiger charge is 2.31. The van der Waals surface area contributed by atoms with Crippen molar-refractivity contribution in [1.82, 2.24) is 10.2 Å². The maximum absolute atomic E-state index is 12.2. The van der Waals surface area contributed by atoms with Gasteiger partial charge in [0.15, 0.2) is 0 Å². The van der Waals surface area contributed by atoms with Crippen LogP contribution in [0.3, 0.4) is 0 Å². The maximum Gasteiger partial charge on any atom is 0.239 e. The summed E-state index contributed by atoms with van der Waals surface area (Å²) in [7, 11) is 0. The number of hydrogen-bond acceptors (Lipinski definition) is 2. The first-order valence-corrected chi connectivity index (χ1v) is 6.06. The van der Waals surface area contributed by atoms with E-state index in [1.807, 2.05) is 11.8 Å². The van der Waals surface area contributed by atoms with Crippen LogP contribution >= 0.6 is 0 Å². The van der Waals surface area contributed by atoms with Crippen molar-refractivity contribution in [3.05, 3.63) is 0 Å². The fourth-order valence-corrected chi connectivity index (χ4v) is 2.17. The summed E-state index contributed by atoms with van der Waals surface area (Å²) < 4.78 is 0. The molecule has 90 valence electrons. The topological polar surface area (TPSA) is 32.3 Å². The number of hydrogen-bond donors (Lipinski definition) is 1. The van der Waals surface area contributed by atoms with Crippen LogP contribution < -0.4 is 5.32 Å². The van der Waals surface area contributed by atoms with Crippen molar-refractivity contribution in [2.75, 3.05) is 6.54 Å². The summed E-state index contributed by atoms with van der Waals surface area (Å²) in [6.07, 6.45) is 7.93. The lowest BCUT2D eigenvalue weighted by atomic mass is 10.0. The first-order valence-electron chi connectivity index (χ1n) is 6.06. The Hall–Kier alpha value is -1.01.